The van der Waals surface area contributed by atoms with Crippen LogP contribution in [0.5, 0.6) is 0 Å². The van der Waals surface area contributed by atoms with E-state index in [-0.39, 0.29) is 11.2 Å². The maximum atomic E-state index is 14.1. The lowest BCUT2D eigenvalue weighted by atomic mass is 9.82. The summed E-state index contributed by atoms with van der Waals surface area (Å²) in [6.45, 7) is 6.78. The van der Waals surface area contributed by atoms with Crippen molar-refractivity contribution < 1.29 is 4.39 Å². The van der Waals surface area contributed by atoms with E-state index < -0.39 is 0 Å². The number of halogens is 1. The Bertz CT molecular complexity index is 2750. The third-order valence-corrected chi connectivity index (χ3v) is 10.5. The Kier molecular flexibility index (Phi) is 7.33. The largest absolute Gasteiger partial charge is 0.207 e. The molecule has 0 N–H and O–H groups in total. The van der Waals surface area contributed by atoms with Gasteiger partial charge in [0.05, 0.1) is 0 Å². The van der Waals surface area contributed by atoms with Crippen LogP contribution in [0.2, 0.25) is 0 Å². The number of hydrogen-bond acceptors (Lipinski definition) is 0. The van der Waals surface area contributed by atoms with Gasteiger partial charge >= 0.3 is 0 Å². The lowest BCUT2D eigenvalue weighted by Crippen LogP contribution is -2.10. The second-order valence-electron chi connectivity index (χ2n) is 14.7. The fraction of sp³-hybridized carbons (Fsp3) is 0.0800. The van der Waals surface area contributed by atoms with E-state index in [2.05, 4.69) is 166 Å². The van der Waals surface area contributed by atoms with Gasteiger partial charge in [-0.05, 0) is 123 Å². The maximum Gasteiger partial charge on any atom is 0.123 e. The summed E-state index contributed by atoms with van der Waals surface area (Å²) in [7, 11) is 0. The highest BCUT2D eigenvalue weighted by Gasteiger charge is 2.21. The zero-order chi connectivity index (χ0) is 34.7. The van der Waals surface area contributed by atoms with Crippen molar-refractivity contribution in [2.75, 3.05) is 0 Å². The van der Waals surface area contributed by atoms with Crippen LogP contribution in [0.25, 0.3) is 87.6 Å². The van der Waals surface area contributed by atoms with E-state index in [0.29, 0.717) is 0 Å². The average Bonchev–Trinajstić information content (AvgIpc) is 3.16. The van der Waals surface area contributed by atoms with Gasteiger partial charge in [-0.3, -0.25) is 0 Å². The molecule has 9 aromatic carbocycles. The van der Waals surface area contributed by atoms with E-state index >= 15 is 0 Å². The zero-order valence-electron chi connectivity index (χ0n) is 29.0. The molecule has 0 aliphatic carbocycles. The molecule has 0 aliphatic heterocycles. The topological polar surface area (TPSA) is 0 Å². The standard InChI is InChI=1S/C50H37F/c1-50(2,3)38-24-18-32(19-25-38)36-22-28-44-46(30-36)48(42-16-8-12-34-10-4-6-14-40(34)42)45-29-23-37(33-20-26-39(51)27-21-33)31-47(45)49(44)43-17-9-13-35-11-5-7-15-41(35)43/h4-31H,1-3H3. The minimum Gasteiger partial charge on any atom is -0.207 e. The molecule has 51 heavy (non-hydrogen) atoms. The molecule has 9 aromatic rings. The lowest BCUT2D eigenvalue weighted by Gasteiger charge is -2.22. The highest BCUT2D eigenvalue weighted by Crippen LogP contribution is 2.48. The van der Waals surface area contributed by atoms with Crippen LogP contribution in [-0.4, -0.2) is 0 Å². The molecule has 0 aromatic heterocycles. The molecule has 0 bridgehead atoms. The predicted octanol–water partition coefficient (Wildman–Crippen LogP) is 14.4. The molecule has 0 spiro atoms. The molecule has 0 saturated heterocycles. The summed E-state index contributed by atoms with van der Waals surface area (Å²) in [4.78, 5) is 0. The summed E-state index contributed by atoms with van der Waals surface area (Å²) in [6.07, 6.45) is 0. The number of rotatable bonds is 4. The molecule has 0 amide bonds. The smallest absolute Gasteiger partial charge is 0.123 e. The summed E-state index contributed by atoms with van der Waals surface area (Å²) in [5, 5.41) is 9.64. The van der Waals surface area contributed by atoms with Gasteiger partial charge in [0.2, 0.25) is 0 Å². The fourth-order valence-corrected chi connectivity index (χ4v) is 7.86. The Hall–Kier alpha value is -6.05. The Balaban J connectivity index is 1.44. The minimum atomic E-state index is -0.232. The van der Waals surface area contributed by atoms with Crippen molar-refractivity contribution in [3.05, 3.63) is 181 Å². The van der Waals surface area contributed by atoms with Crippen molar-refractivity contribution in [1.82, 2.24) is 0 Å². The van der Waals surface area contributed by atoms with Gasteiger partial charge in [0, 0.05) is 0 Å². The highest BCUT2D eigenvalue weighted by atomic mass is 19.1. The van der Waals surface area contributed by atoms with Crippen molar-refractivity contribution >= 4 is 43.1 Å². The molecule has 0 unspecified atom stereocenters. The molecule has 0 nitrogen and oxygen atoms in total. The second-order valence-corrected chi connectivity index (χ2v) is 14.7. The van der Waals surface area contributed by atoms with Gasteiger partial charge in [-0.25, -0.2) is 4.39 Å². The molecule has 1 heteroatoms. The first-order valence-electron chi connectivity index (χ1n) is 17.7. The molecule has 0 saturated carbocycles. The second kappa shape index (κ2) is 12.1. The Morgan fingerprint density at radius 1 is 0.353 bits per heavy atom. The predicted molar refractivity (Wildman–Crippen MR) is 217 cm³/mol. The molecule has 244 valence electrons. The summed E-state index contributed by atoms with van der Waals surface area (Å²) in [5.41, 5.74) is 10.7. The molecule has 9 rings (SSSR count). The Labute approximate surface area is 298 Å². The van der Waals surface area contributed by atoms with Crippen LogP contribution in [0.3, 0.4) is 0 Å². The van der Waals surface area contributed by atoms with Crippen molar-refractivity contribution in [2.24, 2.45) is 0 Å². The summed E-state index contributed by atoms with van der Waals surface area (Å²) < 4.78 is 14.1. The van der Waals surface area contributed by atoms with E-state index in [1.807, 2.05) is 12.1 Å². The average molecular weight is 657 g/mol. The molecule has 0 radical (unpaired) electrons. The van der Waals surface area contributed by atoms with Crippen LogP contribution in [0, 0.1) is 5.82 Å². The molecule has 0 heterocycles. The lowest BCUT2D eigenvalue weighted by molar-refractivity contribution is 0.590. The van der Waals surface area contributed by atoms with Gasteiger partial charge in [-0.15, -0.1) is 0 Å². The fourth-order valence-electron chi connectivity index (χ4n) is 7.86. The van der Waals surface area contributed by atoms with Crippen LogP contribution in [0.15, 0.2) is 170 Å². The van der Waals surface area contributed by atoms with Crippen molar-refractivity contribution in [2.45, 2.75) is 26.2 Å². The normalized spacial score (nSPS) is 11.9. The van der Waals surface area contributed by atoms with Gasteiger partial charge in [-0.2, -0.15) is 0 Å². The number of fused-ring (bicyclic) bond motifs is 4. The van der Waals surface area contributed by atoms with Crippen LogP contribution in [0.4, 0.5) is 4.39 Å². The third kappa shape index (κ3) is 5.38. The SMILES string of the molecule is CC(C)(C)c1ccc(-c2ccc3c(-c4cccc5ccccc45)c4cc(-c5ccc(F)cc5)ccc4c(-c4cccc5ccccc45)c3c2)cc1. The van der Waals surface area contributed by atoms with Crippen LogP contribution < -0.4 is 0 Å². The van der Waals surface area contributed by atoms with Gasteiger partial charge in [-0.1, -0.05) is 166 Å². The van der Waals surface area contributed by atoms with Crippen molar-refractivity contribution in [3.8, 4) is 44.5 Å². The highest BCUT2D eigenvalue weighted by molar-refractivity contribution is 6.26. The van der Waals surface area contributed by atoms with Gasteiger partial charge in [0.25, 0.3) is 0 Å². The first-order chi connectivity index (χ1) is 24.8. The van der Waals surface area contributed by atoms with Gasteiger partial charge in [0.15, 0.2) is 0 Å². The summed E-state index contributed by atoms with van der Waals surface area (Å²) in [6, 6.07) is 60.3. The van der Waals surface area contributed by atoms with E-state index in [1.165, 1.54) is 82.0 Å². The summed E-state index contributed by atoms with van der Waals surface area (Å²) in [5.74, 6) is -0.232. The van der Waals surface area contributed by atoms with E-state index in [4.69, 9.17) is 0 Å². The zero-order valence-corrected chi connectivity index (χ0v) is 29.0. The molecule has 0 aliphatic rings. The van der Waals surface area contributed by atoms with Crippen LogP contribution in [-0.2, 0) is 5.41 Å². The van der Waals surface area contributed by atoms with Crippen LogP contribution >= 0.6 is 0 Å². The molecular formula is C50H37F. The quantitative estimate of drug-likeness (QED) is 0.165. The van der Waals surface area contributed by atoms with Crippen molar-refractivity contribution in [1.29, 1.82) is 0 Å². The molecular weight excluding hydrogens is 620 g/mol. The first-order valence-corrected chi connectivity index (χ1v) is 17.7. The third-order valence-electron chi connectivity index (χ3n) is 10.5. The van der Waals surface area contributed by atoms with E-state index in [1.54, 1.807) is 12.1 Å². The minimum absolute atomic E-state index is 0.0858. The Morgan fingerprint density at radius 3 is 1.24 bits per heavy atom. The van der Waals surface area contributed by atoms with Gasteiger partial charge < -0.3 is 0 Å². The van der Waals surface area contributed by atoms with Crippen LogP contribution in [0.1, 0.15) is 26.3 Å². The maximum absolute atomic E-state index is 14.1. The van der Waals surface area contributed by atoms with Crippen molar-refractivity contribution in [3.63, 3.8) is 0 Å². The van der Waals surface area contributed by atoms with E-state index in [0.717, 1.165) is 11.1 Å². The van der Waals surface area contributed by atoms with E-state index in [9.17, 15) is 4.39 Å². The monoisotopic (exact) mass is 656 g/mol. The Morgan fingerprint density at radius 2 is 0.765 bits per heavy atom. The first kappa shape index (κ1) is 31.0. The number of benzene rings is 9. The molecule has 0 fully saturated rings. The summed E-state index contributed by atoms with van der Waals surface area (Å²) >= 11 is 0. The molecule has 0 atom stereocenters. The number of hydrogen-bond donors (Lipinski definition) is 0. The van der Waals surface area contributed by atoms with Gasteiger partial charge in [0.1, 0.15) is 5.82 Å².